The fourth-order valence-electron chi connectivity index (χ4n) is 2.80. The van der Waals surface area contributed by atoms with Crippen LogP contribution < -0.4 is 5.32 Å². The first-order chi connectivity index (χ1) is 11.5. The van der Waals surface area contributed by atoms with Crippen LogP contribution in [0.3, 0.4) is 0 Å². The zero-order valence-corrected chi connectivity index (χ0v) is 14.1. The number of hydrogen-bond donors (Lipinski definition) is 2. The summed E-state index contributed by atoms with van der Waals surface area (Å²) in [5.74, 6) is -0.104. The molecule has 0 saturated carbocycles. The lowest BCUT2D eigenvalue weighted by molar-refractivity contribution is -0.119. The Kier molecular flexibility index (Phi) is 4.63. The van der Waals surface area contributed by atoms with Gasteiger partial charge in [-0.2, -0.15) is 9.40 Å². The average Bonchev–Trinajstić information content (AvgIpc) is 3.25. The van der Waals surface area contributed by atoms with Gasteiger partial charge < -0.3 is 5.32 Å². The monoisotopic (exact) mass is 349 g/mol. The molecule has 0 radical (unpaired) electrons. The van der Waals surface area contributed by atoms with Gasteiger partial charge in [-0.1, -0.05) is 6.07 Å². The normalized spacial score (nSPS) is 18.6. The minimum absolute atomic E-state index is 0.104. The van der Waals surface area contributed by atoms with Crippen molar-refractivity contribution < 1.29 is 13.2 Å². The second-order valence-electron chi connectivity index (χ2n) is 5.71. The van der Waals surface area contributed by atoms with Crippen LogP contribution >= 0.6 is 0 Å². The van der Waals surface area contributed by atoms with Gasteiger partial charge in [0.2, 0.25) is 15.9 Å². The van der Waals surface area contributed by atoms with Crippen molar-refractivity contribution >= 4 is 15.9 Å². The molecule has 1 fully saturated rings. The number of nitrogens with one attached hydrogen (secondary N) is 2. The van der Waals surface area contributed by atoms with Gasteiger partial charge in [0.1, 0.15) is 4.90 Å². The molecule has 2 aromatic rings. The van der Waals surface area contributed by atoms with Gasteiger partial charge in [-0.25, -0.2) is 8.42 Å². The quantitative estimate of drug-likeness (QED) is 0.836. The Morgan fingerprint density at radius 1 is 1.42 bits per heavy atom. The Labute approximate surface area is 140 Å². The van der Waals surface area contributed by atoms with E-state index in [0.29, 0.717) is 18.8 Å². The van der Waals surface area contributed by atoms with Crippen LogP contribution in [0.1, 0.15) is 37.1 Å². The van der Waals surface area contributed by atoms with Crippen molar-refractivity contribution in [1.82, 2.24) is 24.8 Å². The summed E-state index contributed by atoms with van der Waals surface area (Å²) in [6, 6.07) is 3.41. The van der Waals surface area contributed by atoms with Gasteiger partial charge in [0, 0.05) is 32.4 Å². The Hall–Kier alpha value is -2.26. The lowest BCUT2D eigenvalue weighted by Gasteiger charge is -2.23. The van der Waals surface area contributed by atoms with Crippen LogP contribution in [-0.2, 0) is 21.4 Å². The molecule has 3 heterocycles. The summed E-state index contributed by atoms with van der Waals surface area (Å²) in [6.45, 7) is 2.33. The van der Waals surface area contributed by atoms with E-state index in [-0.39, 0.29) is 16.8 Å². The Morgan fingerprint density at radius 3 is 2.88 bits per heavy atom. The van der Waals surface area contributed by atoms with Crippen molar-refractivity contribution in [3.8, 4) is 0 Å². The van der Waals surface area contributed by atoms with Crippen LogP contribution in [0.15, 0.2) is 35.6 Å². The highest BCUT2D eigenvalue weighted by Crippen LogP contribution is 2.35. The van der Waals surface area contributed by atoms with E-state index in [1.54, 1.807) is 6.20 Å². The van der Waals surface area contributed by atoms with Crippen LogP contribution in [0.25, 0.3) is 0 Å². The maximum absolute atomic E-state index is 12.7. The first-order valence-electron chi connectivity index (χ1n) is 7.68. The molecule has 2 N–H and O–H groups in total. The molecule has 1 aliphatic rings. The number of aromatic nitrogens is 3. The van der Waals surface area contributed by atoms with Crippen molar-refractivity contribution in [2.75, 3.05) is 6.54 Å². The van der Waals surface area contributed by atoms with Crippen LogP contribution in [0.4, 0.5) is 0 Å². The number of carbonyl (C=O) groups is 1. The highest BCUT2D eigenvalue weighted by Gasteiger charge is 2.37. The average molecular weight is 349 g/mol. The Bertz CT molecular complexity index is 802. The molecular weight excluding hydrogens is 330 g/mol. The molecule has 8 nitrogen and oxygen atoms in total. The van der Waals surface area contributed by atoms with Crippen molar-refractivity contribution in [3.05, 3.63) is 42.0 Å². The highest BCUT2D eigenvalue weighted by atomic mass is 32.2. The standard InChI is InChI=1S/C15H19N5O3S/c1-11(21)16-7-12-4-5-14(17-8-12)15-3-2-6-20(15)24(22,23)13-9-18-19-10-13/h4-5,8-10,15H,2-3,6-7H2,1H3,(H,16,21)(H,18,19)/t15-/m0/s1. The third kappa shape index (κ3) is 3.31. The number of aromatic amines is 1. The summed E-state index contributed by atoms with van der Waals surface area (Å²) < 4.78 is 26.9. The lowest BCUT2D eigenvalue weighted by Crippen LogP contribution is -2.31. The largest absolute Gasteiger partial charge is 0.352 e. The molecule has 1 aliphatic heterocycles. The fourth-order valence-corrected chi connectivity index (χ4v) is 4.38. The molecule has 0 bridgehead atoms. The number of rotatable bonds is 5. The van der Waals surface area contributed by atoms with Gasteiger partial charge in [0.05, 0.1) is 17.9 Å². The molecule has 1 saturated heterocycles. The SMILES string of the molecule is CC(=O)NCc1ccc([C@@H]2CCCN2S(=O)(=O)c2cn[nH]c2)nc1. The van der Waals surface area contributed by atoms with E-state index < -0.39 is 10.0 Å². The minimum Gasteiger partial charge on any atom is -0.352 e. The summed E-state index contributed by atoms with van der Waals surface area (Å²) in [5, 5.41) is 8.97. The summed E-state index contributed by atoms with van der Waals surface area (Å²) in [6.07, 6.45) is 5.89. The van der Waals surface area contributed by atoms with E-state index in [4.69, 9.17) is 0 Å². The zero-order valence-electron chi connectivity index (χ0n) is 13.3. The van der Waals surface area contributed by atoms with E-state index in [1.165, 1.54) is 23.6 Å². The topological polar surface area (TPSA) is 108 Å². The minimum atomic E-state index is -3.58. The number of pyridine rings is 1. The van der Waals surface area contributed by atoms with E-state index >= 15 is 0 Å². The van der Waals surface area contributed by atoms with Gasteiger partial charge in [0.25, 0.3) is 0 Å². The van der Waals surface area contributed by atoms with Crippen LogP contribution in [0, 0.1) is 0 Å². The molecule has 2 aromatic heterocycles. The van der Waals surface area contributed by atoms with Crippen molar-refractivity contribution in [2.24, 2.45) is 0 Å². The predicted molar refractivity (Wildman–Crippen MR) is 86.2 cm³/mol. The molecule has 0 spiro atoms. The maximum atomic E-state index is 12.7. The van der Waals surface area contributed by atoms with E-state index in [2.05, 4.69) is 20.5 Å². The molecule has 3 rings (SSSR count). The zero-order chi connectivity index (χ0) is 17.2. The molecule has 1 atom stereocenters. The van der Waals surface area contributed by atoms with Crippen molar-refractivity contribution in [1.29, 1.82) is 0 Å². The Balaban J connectivity index is 1.79. The molecule has 9 heteroatoms. The predicted octanol–water partition coefficient (Wildman–Crippen LogP) is 0.967. The number of amides is 1. The number of nitrogens with zero attached hydrogens (tertiary/aromatic N) is 3. The maximum Gasteiger partial charge on any atom is 0.246 e. The second-order valence-corrected chi connectivity index (χ2v) is 7.60. The molecule has 24 heavy (non-hydrogen) atoms. The molecule has 0 unspecified atom stereocenters. The van der Waals surface area contributed by atoms with Gasteiger partial charge in [-0.3, -0.25) is 14.9 Å². The van der Waals surface area contributed by atoms with Crippen LogP contribution in [-0.4, -0.2) is 40.4 Å². The number of H-pyrrole nitrogens is 1. The van der Waals surface area contributed by atoms with E-state index in [9.17, 15) is 13.2 Å². The summed E-state index contributed by atoms with van der Waals surface area (Å²) in [5.41, 5.74) is 1.59. The fraction of sp³-hybridized carbons (Fsp3) is 0.400. The van der Waals surface area contributed by atoms with E-state index in [0.717, 1.165) is 18.4 Å². The Morgan fingerprint density at radius 2 is 2.25 bits per heavy atom. The van der Waals surface area contributed by atoms with Gasteiger partial charge >= 0.3 is 0 Å². The first-order valence-corrected chi connectivity index (χ1v) is 9.12. The summed E-state index contributed by atoms with van der Waals surface area (Å²) >= 11 is 0. The third-order valence-corrected chi connectivity index (χ3v) is 5.89. The smallest absolute Gasteiger partial charge is 0.246 e. The van der Waals surface area contributed by atoms with Gasteiger partial charge in [-0.15, -0.1) is 0 Å². The second kappa shape index (κ2) is 6.70. The molecule has 128 valence electrons. The number of hydrogen-bond acceptors (Lipinski definition) is 5. The van der Waals surface area contributed by atoms with Gasteiger partial charge in [-0.05, 0) is 24.5 Å². The van der Waals surface area contributed by atoms with Crippen LogP contribution in [0.5, 0.6) is 0 Å². The molecular formula is C15H19N5O3S. The third-order valence-electron chi connectivity index (χ3n) is 4.01. The molecule has 1 amide bonds. The highest BCUT2D eigenvalue weighted by molar-refractivity contribution is 7.89. The lowest BCUT2D eigenvalue weighted by atomic mass is 10.1. The number of sulfonamides is 1. The summed E-state index contributed by atoms with van der Waals surface area (Å²) in [4.78, 5) is 15.5. The van der Waals surface area contributed by atoms with Crippen LogP contribution in [0.2, 0.25) is 0 Å². The first kappa shape index (κ1) is 16.6. The van der Waals surface area contributed by atoms with Crippen molar-refractivity contribution in [2.45, 2.75) is 37.2 Å². The summed E-state index contributed by atoms with van der Waals surface area (Å²) in [7, 11) is -3.58. The molecule has 0 aromatic carbocycles. The van der Waals surface area contributed by atoms with E-state index in [1.807, 2.05) is 12.1 Å². The van der Waals surface area contributed by atoms with Crippen molar-refractivity contribution in [3.63, 3.8) is 0 Å². The number of carbonyl (C=O) groups excluding carboxylic acids is 1. The van der Waals surface area contributed by atoms with Gasteiger partial charge in [0.15, 0.2) is 0 Å². The molecule has 0 aliphatic carbocycles.